The van der Waals surface area contributed by atoms with Crippen LogP contribution in [0.2, 0.25) is 0 Å². The Labute approximate surface area is 131 Å². The first-order valence-electron chi connectivity index (χ1n) is 7.59. The minimum Gasteiger partial charge on any atom is -0.494 e. The third-order valence-corrected chi connectivity index (χ3v) is 3.32. The van der Waals surface area contributed by atoms with Crippen LogP contribution in [0.25, 0.3) is 0 Å². The predicted octanol–water partition coefficient (Wildman–Crippen LogP) is 4.44. The first-order chi connectivity index (χ1) is 10.7. The van der Waals surface area contributed by atoms with Crippen LogP contribution in [0.3, 0.4) is 0 Å². The van der Waals surface area contributed by atoms with Crippen LogP contribution in [0.4, 0.5) is 0 Å². The van der Waals surface area contributed by atoms with Gasteiger partial charge in [-0.3, -0.25) is 4.79 Å². The molecule has 2 aromatic rings. The van der Waals surface area contributed by atoms with Crippen molar-refractivity contribution >= 4 is 5.78 Å². The number of ketones is 1. The largest absolute Gasteiger partial charge is 0.494 e. The van der Waals surface area contributed by atoms with Gasteiger partial charge in [-0.2, -0.15) is 0 Å². The Morgan fingerprint density at radius 2 is 1.68 bits per heavy atom. The zero-order valence-electron chi connectivity index (χ0n) is 13.2. The number of rotatable bonds is 8. The van der Waals surface area contributed by atoms with E-state index in [0.29, 0.717) is 24.5 Å². The van der Waals surface area contributed by atoms with Gasteiger partial charge in [0.15, 0.2) is 5.78 Å². The first kappa shape index (κ1) is 16.1. The fraction of sp³-hybridized carbons (Fsp3) is 0.316. The zero-order chi connectivity index (χ0) is 15.8. The van der Waals surface area contributed by atoms with E-state index < -0.39 is 0 Å². The molecule has 0 atom stereocenters. The van der Waals surface area contributed by atoms with Gasteiger partial charge >= 0.3 is 0 Å². The van der Waals surface area contributed by atoms with Gasteiger partial charge in [-0.15, -0.1) is 0 Å². The lowest BCUT2D eigenvalue weighted by atomic mass is 10.1. The van der Waals surface area contributed by atoms with Gasteiger partial charge in [-0.05, 0) is 56.5 Å². The number of hydrogen-bond acceptors (Lipinski definition) is 3. The highest BCUT2D eigenvalue weighted by molar-refractivity contribution is 5.96. The quantitative estimate of drug-likeness (QED) is 0.534. The molecule has 2 rings (SSSR count). The van der Waals surface area contributed by atoms with E-state index >= 15 is 0 Å². The lowest BCUT2D eigenvalue weighted by molar-refractivity contribution is 0.101. The van der Waals surface area contributed by atoms with Crippen molar-refractivity contribution < 1.29 is 14.3 Å². The first-order valence-corrected chi connectivity index (χ1v) is 7.59. The fourth-order valence-corrected chi connectivity index (χ4v) is 2.16. The number of unbranched alkanes of at least 4 members (excludes halogenated alkanes) is 1. The van der Waals surface area contributed by atoms with E-state index in [-0.39, 0.29) is 5.78 Å². The summed E-state index contributed by atoms with van der Waals surface area (Å²) in [6.07, 6.45) is 1.80. The van der Waals surface area contributed by atoms with Crippen LogP contribution in [0.1, 0.15) is 35.7 Å². The standard InChI is InChI=1S/C19H22O3/c1-15-8-7-9-17(14-15)21-12-5-6-13-22-19-11-4-3-10-18(19)16(2)20/h3-4,7-11,14H,5-6,12-13H2,1-2H3. The van der Waals surface area contributed by atoms with Crippen molar-refractivity contribution in [1.29, 1.82) is 0 Å². The number of Topliss-reactive ketones (excluding diaryl/α,β-unsaturated/α-hetero) is 1. The smallest absolute Gasteiger partial charge is 0.163 e. The second-order valence-electron chi connectivity index (χ2n) is 5.27. The molecule has 0 aliphatic heterocycles. The van der Waals surface area contributed by atoms with Gasteiger partial charge in [0.1, 0.15) is 11.5 Å². The molecular weight excluding hydrogens is 276 g/mol. The van der Waals surface area contributed by atoms with E-state index in [9.17, 15) is 4.79 Å². The van der Waals surface area contributed by atoms with Crippen molar-refractivity contribution in [3.8, 4) is 11.5 Å². The maximum atomic E-state index is 11.5. The average molecular weight is 298 g/mol. The van der Waals surface area contributed by atoms with Crippen LogP contribution < -0.4 is 9.47 Å². The third-order valence-electron chi connectivity index (χ3n) is 3.32. The van der Waals surface area contributed by atoms with Crippen molar-refractivity contribution in [2.45, 2.75) is 26.7 Å². The molecule has 0 aliphatic carbocycles. The van der Waals surface area contributed by atoms with Crippen molar-refractivity contribution in [2.24, 2.45) is 0 Å². The molecule has 0 bridgehead atoms. The normalized spacial score (nSPS) is 10.3. The summed E-state index contributed by atoms with van der Waals surface area (Å²) in [5, 5.41) is 0. The second-order valence-corrected chi connectivity index (χ2v) is 5.27. The van der Waals surface area contributed by atoms with Crippen molar-refractivity contribution in [3.05, 3.63) is 59.7 Å². The number of hydrogen-bond donors (Lipinski definition) is 0. The highest BCUT2D eigenvalue weighted by atomic mass is 16.5. The van der Waals surface area contributed by atoms with E-state index in [1.165, 1.54) is 5.56 Å². The summed E-state index contributed by atoms with van der Waals surface area (Å²) in [6, 6.07) is 15.4. The topological polar surface area (TPSA) is 35.5 Å². The van der Waals surface area contributed by atoms with Gasteiger partial charge < -0.3 is 9.47 Å². The Balaban J connectivity index is 1.69. The van der Waals surface area contributed by atoms with Crippen molar-refractivity contribution in [2.75, 3.05) is 13.2 Å². The van der Waals surface area contributed by atoms with Crippen LogP contribution >= 0.6 is 0 Å². The van der Waals surface area contributed by atoms with Crippen molar-refractivity contribution in [3.63, 3.8) is 0 Å². The highest BCUT2D eigenvalue weighted by Crippen LogP contribution is 2.18. The summed E-state index contributed by atoms with van der Waals surface area (Å²) in [6.45, 7) is 4.85. The zero-order valence-corrected chi connectivity index (χ0v) is 13.2. The van der Waals surface area contributed by atoms with Gasteiger partial charge in [0.2, 0.25) is 0 Å². The fourth-order valence-electron chi connectivity index (χ4n) is 2.16. The molecule has 0 heterocycles. The number of carbonyl (C=O) groups is 1. The lowest BCUT2D eigenvalue weighted by Gasteiger charge is -2.10. The molecule has 3 nitrogen and oxygen atoms in total. The average Bonchev–Trinajstić information content (AvgIpc) is 2.51. The molecule has 0 unspecified atom stereocenters. The molecule has 0 spiro atoms. The van der Waals surface area contributed by atoms with E-state index in [4.69, 9.17) is 9.47 Å². The number of ether oxygens (including phenoxy) is 2. The summed E-state index contributed by atoms with van der Waals surface area (Å²) >= 11 is 0. The van der Waals surface area contributed by atoms with Gasteiger partial charge in [-0.25, -0.2) is 0 Å². The molecule has 0 saturated heterocycles. The minimum atomic E-state index is 0.0263. The molecule has 3 heteroatoms. The van der Waals surface area contributed by atoms with Gasteiger partial charge in [0, 0.05) is 0 Å². The molecule has 0 saturated carbocycles. The molecule has 0 N–H and O–H groups in total. The van der Waals surface area contributed by atoms with Crippen LogP contribution in [-0.4, -0.2) is 19.0 Å². The highest BCUT2D eigenvalue weighted by Gasteiger charge is 2.06. The van der Waals surface area contributed by atoms with E-state index in [2.05, 4.69) is 0 Å². The monoisotopic (exact) mass is 298 g/mol. The Kier molecular flexibility index (Phi) is 6.01. The van der Waals surface area contributed by atoms with Gasteiger partial charge in [0.05, 0.1) is 18.8 Å². The van der Waals surface area contributed by atoms with E-state index in [0.717, 1.165) is 18.6 Å². The summed E-state index contributed by atoms with van der Waals surface area (Å²) in [5.41, 5.74) is 1.83. The molecule has 0 radical (unpaired) electrons. The Bertz CT molecular complexity index is 620. The number of carbonyl (C=O) groups excluding carboxylic acids is 1. The van der Waals surface area contributed by atoms with Gasteiger partial charge in [-0.1, -0.05) is 24.3 Å². The SMILES string of the molecule is CC(=O)c1ccccc1OCCCCOc1cccc(C)c1. The molecule has 116 valence electrons. The van der Waals surface area contributed by atoms with Crippen LogP contribution in [-0.2, 0) is 0 Å². The second kappa shape index (κ2) is 8.23. The molecule has 2 aromatic carbocycles. The van der Waals surface area contributed by atoms with Gasteiger partial charge in [0.25, 0.3) is 0 Å². The Morgan fingerprint density at radius 3 is 2.41 bits per heavy atom. The minimum absolute atomic E-state index is 0.0263. The van der Waals surface area contributed by atoms with Crippen LogP contribution in [0.5, 0.6) is 11.5 Å². The maximum absolute atomic E-state index is 11.5. The molecule has 0 amide bonds. The summed E-state index contributed by atoms with van der Waals surface area (Å²) in [4.78, 5) is 11.5. The third kappa shape index (κ3) is 4.92. The Morgan fingerprint density at radius 1 is 0.955 bits per heavy atom. The molecule has 0 fully saturated rings. The van der Waals surface area contributed by atoms with Crippen LogP contribution in [0.15, 0.2) is 48.5 Å². The van der Waals surface area contributed by atoms with Crippen molar-refractivity contribution in [1.82, 2.24) is 0 Å². The predicted molar refractivity (Wildman–Crippen MR) is 87.8 cm³/mol. The number of para-hydroxylation sites is 1. The van der Waals surface area contributed by atoms with Crippen LogP contribution in [0, 0.1) is 6.92 Å². The Hall–Kier alpha value is -2.29. The molecule has 22 heavy (non-hydrogen) atoms. The number of benzene rings is 2. The summed E-state index contributed by atoms with van der Waals surface area (Å²) in [7, 11) is 0. The molecule has 0 aromatic heterocycles. The number of aryl methyl sites for hydroxylation is 1. The molecule has 0 aliphatic rings. The molecular formula is C19H22O3. The maximum Gasteiger partial charge on any atom is 0.163 e. The lowest BCUT2D eigenvalue weighted by Crippen LogP contribution is -2.05. The summed E-state index contributed by atoms with van der Waals surface area (Å²) < 4.78 is 11.4. The van der Waals surface area contributed by atoms with E-state index in [1.807, 2.05) is 49.4 Å². The van der Waals surface area contributed by atoms with E-state index in [1.54, 1.807) is 13.0 Å². The summed E-state index contributed by atoms with van der Waals surface area (Å²) in [5.74, 6) is 1.59.